The topological polar surface area (TPSA) is 89.2 Å². The lowest BCUT2D eigenvalue weighted by Crippen LogP contribution is -2.25. The van der Waals surface area contributed by atoms with Gasteiger partial charge in [0.2, 0.25) is 0 Å². The van der Waals surface area contributed by atoms with Gasteiger partial charge < -0.3 is 19.6 Å². The summed E-state index contributed by atoms with van der Waals surface area (Å²) in [7, 11) is 0. The predicted octanol–water partition coefficient (Wildman–Crippen LogP) is 3.61. The molecule has 0 saturated heterocycles. The van der Waals surface area contributed by atoms with Crippen molar-refractivity contribution in [3.05, 3.63) is 70.7 Å². The van der Waals surface area contributed by atoms with Crippen LogP contribution in [0.15, 0.2) is 41.0 Å². The van der Waals surface area contributed by atoms with Gasteiger partial charge in [-0.2, -0.15) is 0 Å². The van der Waals surface area contributed by atoms with E-state index in [2.05, 4.69) is 15.6 Å². The van der Waals surface area contributed by atoms with Crippen molar-refractivity contribution in [2.45, 2.75) is 46.2 Å². The lowest BCUT2D eigenvalue weighted by atomic mass is 10.1. The van der Waals surface area contributed by atoms with Gasteiger partial charge >= 0.3 is 0 Å². The van der Waals surface area contributed by atoms with Crippen molar-refractivity contribution >= 4 is 17.5 Å². The molecule has 1 aliphatic rings. The highest BCUT2D eigenvalue weighted by atomic mass is 16.3. The first-order valence-corrected chi connectivity index (χ1v) is 9.81. The summed E-state index contributed by atoms with van der Waals surface area (Å²) in [5.74, 6) is 0.354. The van der Waals surface area contributed by atoms with E-state index in [0.717, 1.165) is 41.8 Å². The maximum Gasteiger partial charge on any atom is 0.291 e. The van der Waals surface area contributed by atoms with Gasteiger partial charge in [0.1, 0.15) is 11.5 Å². The van der Waals surface area contributed by atoms with Gasteiger partial charge in [-0.25, -0.2) is 4.98 Å². The number of hydrogen-bond acceptors (Lipinski definition) is 4. The van der Waals surface area contributed by atoms with Crippen molar-refractivity contribution < 1.29 is 14.0 Å². The van der Waals surface area contributed by atoms with E-state index in [1.807, 2.05) is 36.6 Å². The molecule has 0 aliphatic carbocycles. The minimum Gasteiger partial charge on any atom is -0.467 e. The molecule has 3 heterocycles. The molecule has 1 aromatic carbocycles. The summed E-state index contributed by atoms with van der Waals surface area (Å²) >= 11 is 0. The standard InChI is InChI=1S/C22H24N4O3/c1-14-8-9-15(2)17(12-14)24-22(28)20-25-19(18-7-3-4-10-26(18)20)21(27)23-13-16-6-5-11-29-16/h5-6,8-9,11-12H,3-4,7,10,13H2,1-2H3,(H,23,27)(H,24,28). The number of furan rings is 1. The molecule has 2 amide bonds. The average Bonchev–Trinajstić information content (AvgIpc) is 3.37. The van der Waals surface area contributed by atoms with Gasteiger partial charge in [0.15, 0.2) is 5.82 Å². The number of benzene rings is 1. The number of carbonyl (C=O) groups is 2. The van der Waals surface area contributed by atoms with Crippen molar-refractivity contribution in [2.24, 2.45) is 0 Å². The smallest absolute Gasteiger partial charge is 0.291 e. The first-order valence-electron chi connectivity index (χ1n) is 9.81. The lowest BCUT2D eigenvalue weighted by Gasteiger charge is -2.17. The zero-order valence-corrected chi connectivity index (χ0v) is 16.6. The molecule has 2 N–H and O–H groups in total. The second-order valence-corrected chi connectivity index (χ2v) is 7.37. The SMILES string of the molecule is Cc1ccc(C)c(NC(=O)c2nc(C(=O)NCc3ccco3)c3n2CCCC3)c1. The molecule has 0 fully saturated rings. The van der Waals surface area contributed by atoms with Gasteiger partial charge in [-0.3, -0.25) is 9.59 Å². The number of rotatable bonds is 5. The molecule has 1 aliphatic heterocycles. The second-order valence-electron chi connectivity index (χ2n) is 7.37. The summed E-state index contributed by atoms with van der Waals surface area (Å²) in [6, 6.07) is 9.48. The summed E-state index contributed by atoms with van der Waals surface area (Å²) < 4.78 is 7.14. The molecule has 0 unspecified atom stereocenters. The second kappa shape index (κ2) is 7.95. The van der Waals surface area contributed by atoms with E-state index in [1.54, 1.807) is 18.4 Å². The Morgan fingerprint density at radius 1 is 1.17 bits per heavy atom. The van der Waals surface area contributed by atoms with E-state index in [0.29, 0.717) is 18.0 Å². The summed E-state index contributed by atoms with van der Waals surface area (Å²) in [6.45, 7) is 4.89. The Morgan fingerprint density at radius 2 is 2.03 bits per heavy atom. The predicted molar refractivity (Wildman–Crippen MR) is 109 cm³/mol. The molecular weight excluding hydrogens is 368 g/mol. The maximum atomic E-state index is 13.0. The summed E-state index contributed by atoms with van der Waals surface area (Å²) in [4.78, 5) is 30.2. The number of aryl methyl sites for hydroxylation is 2. The fraction of sp³-hybridized carbons (Fsp3) is 0.318. The highest BCUT2D eigenvalue weighted by molar-refractivity contribution is 6.04. The van der Waals surface area contributed by atoms with Gasteiger partial charge in [-0.15, -0.1) is 0 Å². The Morgan fingerprint density at radius 3 is 2.83 bits per heavy atom. The minimum atomic E-state index is -0.299. The monoisotopic (exact) mass is 392 g/mol. The number of fused-ring (bicyclic) bond motifs is 1. The molecular formula is C22H24N4O3. The van der Waals surface area contributed by atoms with Crippen LogP contribution in [0, 0.1) is 13.8 Å². The number of hydrogen-bond donors (Lipinski definition) is 2. The van der Waals surface area contributed by atoms with Crippen molar-refractivity contribution in [3.8, 4) is 0 Å². The van der Waals surface area contributed by atoms with Crippen molar-refractivity contribution in [2.75, 3.05) is 5.32 Å². The molecule has 0 bridgehead atoms. The maximum absolute atomic E-state index is 13.0. The van der Waals surface area contributed by atoms with Gasteiger partial charge in [-0.1, -0.05) is 12.1 Å². The largest absolute Gasteiger partial charge is 0.467 e. The van der Waals surface area contributed by atoms with Gasteiger partial charge in [0, 0.05) is 12.2 Å². The average molecular weight is 392 g/mol. The van der Waals surface area contributed by atoms with Crippen LogP contribution in [0.5, 0.6) is 0 Å². The molecule has 0 spiro atoms. The molecule has 4 rings (SSSR count). The Kier molecular flexibility index (Phi) is 5.20. The van der Waals surface area contributed by atoms with Gasteiger partial charge in [0.25, 0.3) is 11.8 Å². The molecule has 0 saturated carbocycles. The van der Waals surface area contributed by atoms with E-state index >= 15 is 0 Å². The lowest BCUT2D eigenvalue weighted by molar-refractivity contribution is 0.0942. The number of nitrogens with one attached hydrogen (secondary N) is 2. The number of amides is 2. The van der Waals surface area contributed by atoms with Crippen LogP contribution in [-0.2, 0) is 19.5 Å². The molecule has 0 radical (unpaired) electrons. The van der Waals surface area contributed by atoms with Crippen LogP contribution in [0.1, 0.15) is 56.5 Å². The van der Waals surface area contributed by atoms with E-state index in [4.69, 9.17) is 4.42 Å². The van der Waals surface area contributed by atoms with E-state index < -0.39 is 0 Å². The third-order valence-electron chi connectivity index (χ3n) is 5.18. The third-order valence-corrected chi connectivity index (χ3v) is 5.18. The summed E-state index contributed by atoms with van der Waals surface area (Å²) in [5.41, 5.74) is 3.94. The Balaban J connectivity index is 1.59. The first-order chi connectivity index (χ1) is 14.0. The summed E-state index contributed by atoms with van der Waals surface area (Å²) in [5, 5.41) is 5.78. The van der Waals surface area contributed by atoms with Gasteiger partial charge in [-0.05, 0) is 62.4 Å². The zero-order chi connectivity index (χ0) is 20.4. The molecule has 150 valence electrons. The van der Waals surface area contributed by atoms with Crippen molar-refractivity contribution in [1.29, 1.82) is 0 Å². The molecule has 3 aromatic rings. The Labute approximate surface area is 169 Å². The van der Waals surface area contributed by atoms with Crippen LogP contribution in [0.25, 0.3) is 0 Å². The van der Waals surface area contributed by atoms with Crippen LogP contribution in [0.4, 0.5) is 5.69 Å². The molecule has 0 atom stereocenters. The van der Waals surface area contributed by atoms with Gasteiger partial charge in [0.05, 0.1) is 18.5 Å². The van der Waals surface area contributed by atoms with Crippen molar-refractivity contribution in [1.82, 2.24) is 14.9 Å². The number of imidazole rings is 1. The number of aromatic nitrogens is 2. The zero-order valence-electron chi connectivity index (χ0n) is 16.6. The van der Waals surface area contributed by atoms with E-state index in [1.165, 1.54) is 0 Å². The molecule has 2 aromatic heterocycles. The summed E-state index contributed by atoms with van der Waals surface area (Å²) in [6.07, 6.45) is 4.23. The van der Waals surface area contributed by atoms with Crippen LogP contribution in [-0.4, -0.2) is 21.4 Å². The van der Waals surface area contributed by atoms with Crippen LogP contribution >= 0.6 is 0 Å². The van der Waals surface area contributed by atoms with Crippen LogP contribution in [0.2, 0.25) is 0 Å². The van der Waals surface area contributed by atoms with Crippen LogP contribution < -0.4 is 10.6 Å². The normalized spacial score (nSPS) is 13.0. The number of nitrogens with zero attached hydrogens (tertiary/aromatic N) is 2. The van der Waals surface area contributed by atoms with E-state index in [-0.39, 0.29) is 24.2 Å². The van der Waals surface area contributed by atoms with E-state index in [9.17, 15) is 9.59 Å². The first kappa shape index (κ1) is 19.0. The fourth-order valence-corrected chi connectivity index (χ4v) is 3.61. The Hall–Kier alpha value is -3.35. The molecule has 7 nitrogen and oxygen atoms in total. The van der Waals surface area contributed by atoms with Crippen LogP contribution in [0.3, 0.4) is 0 Å². The quantitative estimate of drug-likeness (QED) is 0.694. The Bertz CT molecular complexity index is 1050. The van der Waals surface area contributed by atoms with Crippen molar-refractivity contribution in [3.63, 3.8) is 0 Å². The number of carbonyl (C=O) groups excluding carboxylic acids is 2. The fourth-order valence-electron chi connectivity index (χ4n) is 3.61. The molecule has 7 heteroatoms. The number of anilines is 1. The third kappa shape index (κ3) is 3.94. The molecule has 29 heavy (non-hydrogen) atoms. The minimum absolute atomic E-state index is 0.280. The highest BCUT2D eigenvalue weighted by Crippen LogP contribution is 2.23. The highest BCUT2D eigenvalue weighted by Gasteiger charge is 2.27.